The van der Waals surface area contributed by atoms with Crippen LogP contribution >= 0.6 is 11.3 Å². The van der Waals surface area contributed by atoms with Gasteiger partial charge in [-0.2, -0.15) is 0 Å². The van der Waals surface area contributed by atoms with Crippen molar-refractivity contribution >= 4 is 34.5 Å². The van der Waals surface area contributed by atoms with E-state index in [0.29, 0.717) is 11.4 Å². The molecule has 2 amide bonds. The Bertz CT molecular complexity index is 692. The van der Waals surface area contributed by atoms with Gasteiger partial charge < -0.3 is 19.5 Å². The van der Waals surface area contributed by atoms with Crippen molar-refractivity contribution in [1.29, 1.82) is 0 Å². The van der Waals surface area contributed by atoms with Gasteiger partial charge in [0.05, 0.1) is 18.7 Å². The summed E-state index contributed by atoms with van der Waals surface area (Å²) in [5, 5.41) is 12.1. The van der Waals surface area contributed by atoms with E-state index < -0.39 is 23.8 Å². The second kappa shape index (κ2) is 7.30. The van der Waals surface area contributed by atoms with Gasteiger partial charge in [0.15, 0.2) is 0 Å². The molecule has 0 aromatic carbocycles. The Labute approximate surface area is 149 Å². The number of carbonyl (C=O) groups is 3. The van der Waals surface area contributed by atoms with E-state index in [1.54, 1.807) is 27.7 Å². The number of fused-ring (bicyclic) bond motifs is 1. The number of thiophene rings is 1. The second-order valence-electron chi connectivity index (χ2n) is 6.51. The number of hydrogen-bond donors (Lipinski definition) is 2. The average molecular weight is 370 g/mol. The highest BCUT2D eigenvalue weighted by Gasteiger charge is 2.31. The number of ether oxygens (including phenoxy) is 2. The maximum Gasteiger partial charge on any atom is 0.412 e. The van der Waals surface area contributed by atoms with Crippen molar-refractivity contribution in [2.45, 2.75) is 46.3 Å². The first kappa shape index (κ1) is 19.0. The highest BCUT2D eigenvalue weighted by atomic mass is 32.1. The van der Waals surface area contributed by atoms with Crippen LogP contribution in [0, 0.1) is 0 Å². The van der Waals surface area contributed by atoms with Crippen LogP contribution in [0.3, 0.4) is 0 Å². The van der Waals surface area contributed by atoms with Crippen molar-refractivity contribution in [3.8, 4) is 0 Å². The van der Waals surface area contributed by atoms with Crippen LogP contribution < -0.4 is 5.32 Å². The summed E-state index contributed by atoms with van der Waals surface area (Å²) in [7, 11) is 0. The maximum absolute atomic E-state index is 12.3. The van der Waals surface area contributed by atoms with E-state index in [0.717, 1.165) is 10.4 Å². The molecule has 0 atom stereocenters. The van der Waals surface area contributed by atoms with Gasteiger partial charge in [-0.3, -0.25) is 5.32 Å². The number of nitrogens with one attached hydrogen (secondary N) is 1. The van der Waals surface area contributed by atoms with E-state index >= 15 is 0 Å². The van der Waals surface area contributed by atoms with Crippen LogP contribution in [-0.2, 0) is 22.4 Å². The molecule has 0 saturated carbocycles. The zero-order valence-electron chi connectivity index (χ0n) is 14.7. The molecule has 1 aromatic rings. The number of amides is 2. The van der Waals surface area contributed by atoms with Crippen molar-refractivity contribution in [2.75, 3.05) is 18.5 Å². The number of esters is 1. The molecule has 0 unspecified atom stereocenters. The first-order valence-electron chi connectivity index (χ1n) is 7.92. The molecule has 8 nitrogen and oxygen atoms in total. The fourth-order valence-electron chi connectivity index (χ4n) is 2.47. The summed E-state index contributed by atoms with van der Waals surface area (Å²) in [5.74, 6) is -0.533. The molecule has 138 valence electrons. The number of rotatable bonds is 3. The number of carboxylic acid groups (broad SMARTS) is 1. The molecule has 2 N–H and O–H groups in total. The highest BCUT2D eigenvalue weighted by Crippen LogP contribution is 2.38. The van der Waals surface area contributed by atoms with E-state index in [-0.39, 0.29) is 25.3 Å². The summed E-state index contributed by atoms with van der Waals surface area (Å²) in [6, 6.07) is 0. The fraction of sp³-hybridized carbons (Fsp3) is 0.562. The van der Waals surface area contributed by atoms with Crippen LogP contribution in [0.2, 0.25) is 0 Å². The zero-order valence-corrected chi connectivity index (χ0v) is 15.5. The maximum atomic E-state index is 12.3. The molecule has 2 heterocycles. The van der Waals surface area contributed by atoms with E-state index in [2.05, 4.69) is 5.32 Å². The summed E-state index contributed by atoms with van der Waals surface area (Å²) in [4.78, 5) is 37.6. The third kappa shape index (κ3) is 4.62. The van der Waals surface area contributed by atoms with Gasteiger partial charge in [-0.05, 0) is 39.7 Å². The van der Waals surface area contributed by atoms with Gasteiger partial charge in [0.1, 0.15) is 10.6 Å². The lowest BCUT2D eigenvalue weighted by Crippen LogP contribution is -2.34. The molecule has 1 aromatic heterocycles. The fourth-order valence-corrected chi connectivity index (χ4v) is 3.71. The topological polar surface area (TPSA) is 105 Å². The smallest absolute Gasteiger partial charge is 0.412 e. The highest BCUT2D eigenvalue weighted by molar-refractivity contribution is 7.17. The van der Waals surface area contributed by atoms with E-state index in [1.165, 1.54) is 16.2 Å². The minimum absolute atomic E-state index is 0.178. The van der Waals surface area contributed by atoms with Gasteiger partial charge in [-0.1, -0.05) is 0 Å². The third-order valence-corrected chi connectivity index (χ3v) is 4.55. The molecule has 0 fully saturated rings. The SMILES string of the molecule is CCOC(=O)c1c(NC(=O)OC(C)(C)C)sc2c1CCN(C(=O)O)C2. The predicted octanol–water partition coefficient (Wildman–Crippen LogP) is 3.31. The Kier molecular flexibility index (Phi) is 5.56. The van der Waals surface area contributed by atoms with Crippen LogP contribution in [-0.4, -0.2) is 46.9 Å². The van der Waals surface area contributed by atoms with Crippen molar-refractivity contribution in [3.05, 3.63) is 16.0 Å². The van der Waals surface area contributed by atoms with Crippen molar-refractivity contribution in [1.82, 2.24) is 4.90 Å². The lowest BCUT2D eigenvalue weighted by Gasteiger charge is -2.24. The largest absolute Gasteiger partial charge is 0.465 e. The molecule has 0 saturated heterocycles. The first-order chi connectivity index (χ1) is 11.6. The Morgan fingerprint density at radius 2 is 2.00 bits per heavy atom. The lowest BCUT2D eigenvalue weighted by molar-refractivity contribution is 0.0526. The zero-order chi connectivity index (χ0) is 18.8. The molecule has 25 heavy (non-hydrogen) atoms. The summed E-state index contributed by atoms with van der Waals surface area (Å²) < 4.78 is 10.3. The number of nitrogens with zero attached hydrogens (tertiary/aromatic N) is 1. The molecule has 9 heteroatoms. The Morgan fingerprint density at radius 1 is 1.32 bits per heavy atom. The van der Waals surface area contributed by atoms with E-state index in [1.807, 2.05) is 0 Å². The van der Waals surface area contributed by atoms with Crippen LogP contribution in [0.15, 0.2) is 0 Å². The minimum atomic E-state index is -1.02. The molecule has 0 spiro atoms. The summed E-state index contributed by atoms with van der Waals surface area (Å²) in [6.45, 7) is 7.59. The van der Waals surface area contributed by atoms with E-state index in [4.69, 9.17) is 14.6 Å². The number of anilines is 1. The minimum Gasteiger partial charge on any atom is -0.465 e. The molecule has 0 aliphatic carbocycles. The van der Waals surface area contributed by atoms with Crippen LogP contribution in [0.1, 0.15) is 48.5 Å². The monoisotopic (exact) mass is 370 g/mol. The summed E-state index contributed by atoms with van der Waals surface area (Å²) >= 11 is 1.17. The molecule has 2 rings (SSSR count). The Hall–Kier alpha value is -2.29. The Balaban J connectivity index is 2.33. The summed E-state index contributed by atoms with van der Waals surface area (Å²) in [5.41, 5.74) is 0.343. The summed E-state index contributed by atoms with van der Waals surface area (Å²) in [6.07, 6.45) is -1.30. The van der Waals surface area contributed by atoms with Crippen LogP contribution in [0.5, 0.6) is 0 Å². The van der Waals surface area contributed by atoms with Gasteiger partial charge in [0.2, 0.25) is 0 Å². The molecule has 1 aliphatic rings. The Morgan fingerprint density at radius 3 is 2.56 bits per heavy atom. The second-order valence-corrected chi connectivity index (χ2v) is 7.61. The molecule has 1 aliphatic heterocycles. The van der Waals surface area contributed by atoms with Crippen molar-refractivity contribution in [3.63, 3.8) is 0 Å². The average Bonchev–Trinajstić information content (AvgIpc) is 2.81. The van der Waals surface area contributed by atoms with Gasteiger partial charge in [-0.25, -0.2) is 14.4 Å². The first-order valence-corrected chi connectivity index (χ1v) is 8.73. The molecular weight excluding hydrogens is 348 g/mol. The number of hydrogen-bond acceptors (Lipinski definition) is 6. The standard InChI is InChI=1S/C16H22N2O6S/c1-5-23-13(19)11-9-6-7-18(15(21)22)8-10(9)25-12(11)17-14(20)24-16(2,3)4/h5-8H2,1-4H3,(H,17,20)(H,21,22). The normalized spacial score (nSPS) is 13.8. The van der Waals surface area contributed by atoms with Gasteiger partial charge in [0.25, 0.3) is 0 Å². The van der Waals surface area contributed by atoms with Crippen LogP contribution in [0.4, 0.5) is 14.6 Å². The van der Waals surface area contributed by atoms with Crippen LogP contribution in [0.25, 0.3) is 0 Å². The molecule has 0 radical (unpaired) electrons. The van der Waals surface area contributed by atoms with Crippen molar-refractivity contribution < 1.29 is 29.0 Å². The molecule has 0 bridgehead atoms. The quantitative estimate of drug-likeness (QED) is 0.791. The third-order valence-electron chi connectivity index (χ3n) is 3.42. The van der Waals surface area contributed by atoms with Crippen molar-refractivity contribution in [2.24, 2.45) is 0 Å². The molecular formula is C16H22N2O6S. The van der Waals surface area contributed by atoms with E-state index in [9.17, 15) is 14.4 Å². The lowest BCUT2D eigenvalue weighted by atomic mass is 10.0. The van der Waals surface area contributed by atoms with Gasteiger partial charge >= 0.3 is 18.2 Å². The van der Waals surface area contributed by atoms with Gasteiger partial charge in [-0.15, -0.1) is 11.3 Å². The number of carbonyl (C=O) groups excluding carboxylic acids is 2. The van der Waals surface area contributed by atoms with Gasteiger partial charge in [0, 0.05) is 11.4 Å². The predicted molar refractivity (Wildman–Crippen MR) is 92.3 cm³/mol.